The minimum Gasteiger partial charge on any atom is -0.337 e. The van der Waals surface area contributed by atoms with Gasteiger partial charge in [-0.3, -0.25) is 9.78 Å². The lowest BCUT2D eigenvalue weighted by Crippen LogP contribution is -2.39. The summed E-state index contributed by atoms with van der Waals surface area (Å²) in [4.78, 5) is 20.3. The standard InChI is InChI=1S/C20H20N2OS.ClH/c1-14-8-10-24-19(14)20(23)22-9-4-7-17(13-22)18-11-15-5-2-3-6-16(15)12-21-18;/h2-3,5-6,8,10-12,17H,4,7,9,13H2,1H3;1H. The molecule has 3 aromatic rings. The van der Waals surface area contributed by atoms with E-state index in [1.807, 2.05) is 35.5 Å². The topological polar surface area (TPSA) is 33.2 Å². The van der Waals surface area contributed by atoms with E-state index in [-0.39, 0.29) is 18.3 Å². The number of likely N-dealkylation sites (tertiary alicyclic amines) is 1. The lowest BCUT2D eigenvalue weighted by molar-refractivity contribution is 0.0710. The molecule has 3 nitrogen and oxygen atoms in total. The van der Waals surface area contributed by atoms with Crippen molar-refractivity contribution >= 4 is 40.4 Å². The highest BCUT2D eigenvalue weighted by Crippen LogP contribution is 2.29. The SMILES string of the molecule is Cc1ccsc1C(=O)N1CCCC(c2cc3ccccc3cn2)C1.Cl. The number of benzene rings is 1. The van der Waals surface area contributed by atoms with Crippen molar-refractivity contribution in [2.24, 2.45) is 0 Å². The molecule has 25 heavy (non-hydrogen) atoms. The Morgan fingerprint density at radius 3 is 2.80 bits per heavy atom. The number of aryl methyl sites for hydroxylation is 1. The lowest BCUT2D eigenvalue weighted by atomic mass is 9.93. The summed E-state index contributed by atoms with van der Waals surface area (Å²) < 4.78 is 0. The number of hydrogen-bond donors (Lipinski definition) is 0. The smallest absolute Gasteiger partial charge is 0.264 e. The molecule has 0 aliphatic carbocycles. The van der Waals surface area contributed by atoms with E-state index in [0.29, 0.717) is 5.92 Å². The maximum Gasteiger partial charge on any atom is 0.264 e. The third kappa shape index (κ3) is 3.55. The van der Waals surface area contributed by atoms with Gasteiger partial charge in [-0.1, -0.05) is 24.3 Å². The number of hydrogen-bond acceptors (Lipinski definition) is 3. The van der Waals surface area contributed by atoms with Crippen LogP contribution in [0.4, 0.5) is 0 Å². The van der Waals surface area contributed by atoms with Crippen LogP contribution in [0, 0.1) is 6.92 Å². The van der Waals surface area contributed by atoms with Crippen LogP contribution in [-0.4, -0.2) is 28.9 Å². The summed E-state index contributed by atoms with van der Waals surface area (Å²) in [5.41, 5.74) is 2.19. The molecule has 4 rings (SSSR count). The molecule has 1 amide bonds. The molecule has 5 heteroatoms. The fourth-order valence-electron chi connectivity index (χ4n) is 3.46. The predicted octanol–water partition coefficient (Wildman–Crippen LogP) is 5.05. The van der Waals surface area contributed by atoms with E-state index in [1.165, 1.54) is 10.8 Å². The number of thiophene rings is 1. The van der Waals surface area contributed by atoms with Gasteiger partial charge in [0.2, 0.25) is 0 Å². The zero-order valence-electron chi connectivity index (χ0n) is 14.1. The number of rotatable bonds is 2. The molecule has 1 aliphatic heterocycles. The molecule has 0 radical (unpaired) electrons. The highest BCUT2D eigenvalue weighted by molar-refractivity contribution is 7.12. The van der Waals surface area contributed by atoms with Gasteiger partial charge in [-0.15, -0.1) is 23.7 Å². The molecule has 0 spiro atoms. The van der Waals surface area contributed by atoms with Crippen LogP contribution in [-0.2, 0) is 0 Å². The quantitative estimate of drug-likeness (QED) is 0.630. The maximum absolute atomic E-state index is 12.8. The van der Waals surface area contributed by atoms with Crippen molar-refractivity contribution in [2.45, 2.75) is 25.7 Å². The lowest BCUT2D eigenvalue weighted by Gasteiger charge is -2.32. The van der Waals surface area contributed by atoms with Crippen molar-refractivity contribution in [1.29, 1.82) is 0 Å². The number of carbonyl (C=O) groups excluding carboxylic acids is 1. The number of fused-ring (bicyclic) bond motifs is 1. The molecule has 3 heterocycles. The van der Waals surface area contributed by atoms with Crippen molar-refractivity contribution in [3.63, 3.8) is 0 Å². The molecule has 1 atom stereocenters. The largest absolute Gasteiger partial charge is 0.337 e. The molecule has 2 aromatic heterocycles. The van der Waals surface area contributed by atoms with Crippen LogP contribution in [0.2, 0.25) is 0 Å². The molecule has 1 unspecified atom stereocenters. The summed E-state index contributed by atoms with van der Waals surface area (Å²) in [5, 5.41) is 4.38. The fourth-order valence-corrected chi connectivity index (χ4v) is 4.35. The summed E-state index contributed by atoms with van der Waals surface area (Å²) in [6.07, 6.45) is 4.09. The van der Waals surface area contributed by atoms with E-state index < -0.39 is 0 Å². The van der Waals surface area contributed by atoms with Gasteiger partial charge in [0.25, 0.3) is 5.91 Å². The third-order valence-corrected chi connectivity index (χ3v) is 5.84. The fraction of sp³-hybridized carbons (Fsp3) is 0.300. The van der Waals surface area contributed by atoms with Crippen LogP contribution in [0.3, 0.4) is 0 Å². The van der Waals surface area contributed by atoms with E-state index in [1.54, 1.807) is 11.3 Å². The van der Waals surface area contributed by atoms with Gasteiger partial charge >= 0.3 is 0 Å². The van der Waals surface area contributed by atoms with E-state index >= 15 is 0 Å². The van der Waals surface area contributed by atoms with Crippen LogP contribution in [0.25, 0.3) is 10.8 Å². The normalized spacial score (nSPS) is 17.3. The number of halogens is 1. The molecular weight excluding hydrogens is 352 g/mol. The molecule has 0 bridgehead atoms. The first-order chi connectivity index (χ1) is 11.7. The first kappa shape index (κ1) is 17.9. The van der Waals surface area contributed by atoms with E-state index in [9.17, 15) is 4.79 Å². The zero-order valence-corrected chi connectivity index (χ0v) is 15.8. The van der Waals surface area contributed by atoms with Gasteiger partial charge in [-0.05, 0) is 48.2 Å². The molecule has 1 aromatic carbocycles. The third-order valence-electron chi connectivity index (χ3n) is 4.84. The summed E-state index contributed by atoms with van der Waals surface area (Å²) >= 11 is 1.54. The molecule has 1 aliphatic rings. The minimum absolute atomic E-state index is 0. The molecule has 1 fully saturated rings. The Labute approximate surface area is 158 Å². The highest BCUT2D eigenvalue weighted by Gasteiger charge is 2.27. The van der Waals surface area contributed by atoms with Gasteiger partial charge in [0, 0.05) is 36.3 Å². The van der Waals surface area contributed by atoms with Gasteiger partial charge in [-0.2, -0.15) is 0 Å². The number of piperidine rings is 1. The van der Waals surface area contributed by atoms with Crippen LogP contribution in [0.5, 0.6) is 0 Å². The second-order valence-electron chi connectivity index (χ2n) is 6.48. The summed E-state index contributed by atoms with van der Waals surface area (Å²) in [5.74, 6) is 0.501. The summed E-state index contributed by atoms with van der Waals surface area (Å²) in [6, 6.07) is 12.5. The average molecular weight is 373 g/mol. The van der Waals surface area contributed by atoms with Gasteiger partial charge in [-0.25, -0.2) is 0 Å². The minimum atomic E-state index is 0. The number of pyridine rings is 1. The second-order valence-corrected chi connectivity index (χ2v) is 7.40. The Balaban J connectivity index is 0.00000182. The van der Waals surface area contributed by atoms with Gasteiger partial charge in [0.15, 0.2) is 0 Å². The Kier molecular flexibility index (Phi) is 5.40. The molecule has 0 saturated carbocycles. The Morgan fingerprint density at radius 1 is 1.24 bits per heavy atom. The number of carbonyl (C=O) groups is 1. The van der Waals surface area contributed by atoms with Gasteiger partial charge in [0.05, 0.1) is 4.88 Å². The van der Waals surface area contributed by atoms with Crippen LogP contribution in [0.15, 0.2) is 48.0 Å². The van der Waals surface area contributed by atoms with Gasteiger partial charge < -0.3 is 4.90 Å². The first-order valence-corrected chi connectivity index (χ1v) is 9.28. The van der Waals surface area contributed by atoms with Crippen molar-refractivity contribution in [2.75, 3.05) is 13.1 Å². The predicted molar refractivity (Wildman–Crippen MR) is 106 cm³/mol. The monoisotopic (exact) mass is 372 g/mol. The highest BCUT2D eigenvalue weighted by atomic mass is 35.5. The first-order valence-electron chi connectivity index (χ1n) is 8.40. The van der Waals surface area contributed by atoms with Crippen molar-refractivity contribution in [3.05, 3.63) is 64.1 Å². The Morgan fingerprint density at radius 2 is 2.04 bits per heavy atom. The van der Waals surface area contributed by atoms with Gasteiger partial charge in [0.1, 0.15) is 0 Å². The Bertz CT molecular complexity index is 892. The van der Waals surface area contributed by atoms with Crippen molar-refractivity contribution in [3.8, 4) is 0 Å². The molecule has 130 valence electrons. The second kappa shape index (κ2) is 7.54. The molecular formula is C20H21ClN2OS. The number of aromatic nitrogens is 1. The Hall–Kier alpha value is -1.91. The van der Waals surface area contributed by atoms with Crippen molar-refractivity contribution < 1.29 is 4.79 Å². The number of nitrogens with zero attached hydrogens (tertiary/aromatic N) is 2. The van der Waals surface area contributed by atoms with Crippen LogP contribution < -0.4 is 0 Å². The summed E-state index contributed by atoms with van der Waals surface area (Å²) in [6.45, 7) is 3.62. The van der Waals surface area contributed by atoms with Crippen LogP contribution in [0.1, 0.15) is 39.7 Å². The maximum atomic E-state index is 12.8. The van der Waals surface area contributed by atoms with E-state index in [4.69, 9.17) is 0 Å². The molecule has 0 N–H and O–H groups in total. The van der Waals surface area contributed by atoms with Crippen molar-refractivity contribution in [1.82, 2.24) is 9.88 Å². The van der Waals surface area contributed by atoms with E-state index in [2.05, 4.69) is 29.2 Å². The average Bonchev–Trinajstić information content (AvgIpc) is 3.07. The number of amides is 1. The van der Waals surface area contributed by atoms with Crippen LogP contribution >= 0.6 is 23.7 Å². The molecule has 1 saturated heterocycles. The summed E-state index contributed by atoms with van der Waals surface area (Å²) in [7, 11) is 0. The zero-order chi connectivity index (χ0) is 16.5. The van der Waals surface area contributed by atoms with E-state index in [0.717, 1.165) is 42.1 Å².